The van der Waals surface area contributed by atoms with Gasteiger partial charge in [-0.15, -0.1) is 0 Å². The lowest BCUT2D eigenvalue weighted by molar-refractivity contribution is -0.106. The SMILES string of the molecule is CCCOc1ccc2c3ccc(NC=O)cc3n(C(=O)OC(C)(C)C)c2c1.O=CNc1ccc2c(c1)[nH]c1cc(OCC[18F])ccc12. The molecule has 6 rings (SSSR count). The van der Waals surface area contributed by atoms with E-state index in [4.69, 9.17) is 14.2 Å². The molecule has 10 nitrogen and oxygen atoms in total. The maximum Gasteiger partial charge on any atom is 0.419 e. The average molecular weight is 640 g/mol. The number of hydrogen-bond donors (Lipinski definition) is 3. The molecule has 0 saturated carbocycles. The molecule has 0 saturated heterocycles. The van der Waals surface area contributed by atoms with Crippen molar-refractivity contribution in [3.05, 3.63) is 72.8 Å². The van der Waals surface area contributed by atoms with Gasteiger partial charge in [-0.2, -0.15) is 0 Å². The van der Waals surface area contributed by atoms with Gasteiger partial charge in [-0.05, 0) is 75.7 Å². The monoisotopic (exact) mass is 639 g/mol. The molecule has 2 amide bonds. The predicted octanol–water partition coefficient (Wildman–Crippen LogP) is 8.17. The van der Waals surface area contributed by atoms with Gasteiger partial charge in [0.15, 0.2) is 0 Å². The zero-order valence-corrected chi connectivity index (χ0v) is 26.7. The van der Waals surface area contributed by atoms with Crippen LogP contribution in [-0.4, -0.2) is 54.0 Å². The number of ether oxygens (including phenoxy) is 3. The number of H-pyrrole nitrogens is 1. The lowest BCUT2D eigenvalue weighted by atomic mass is 10.1. The highest BCUT2D eigenvalue weighted by Gasteiger charge is 2.23. The molecule has 0 bridgehead atoms. The molecule has 47 heavy (non-hydrogen) atoms. The Morgan fingerprint density at radius 3 is 1.91 bits per heavy atom. The molecule has 244 valence electrons. The third-order valence-corrected chi connectivity index (χ3v) is 7.16. The quantitative estimate of drug-likeness (QED) is 0.130. The lowest BCUT2D eigenvalue weighted by Gasteiger charge is -2.20. The topological polar surface area (TPSA) is 124 Å². The first-order valence-electron chi connectivity index (χ1n) is 15.2. The number of halogens is 1. The van der Waals surface area contributed by atoms with Gasteiger partial charge >= 0.3 is 6.09 Å². The van der Waals surface area contributed by atoms with Gasteiger partial charge in [-0.25, -0.2) is 13.8 Å². The minimum atomic E-state index is -0.630. The van der Waals surface area contributed by atoms with E-state index in [1.165, 1.54) is 4.57 Å². The largest absolute Gasteiger partial charge is 0.494 e. The Hall–Kier alpha value is -5.58. The molecule has 0 unspecified atom stereocenters. The summed E-state index contributed by atoms with van der Waals surface area (Å²) in [5.74, 6) is 1.33. The van der Waals surface area contributed by atoms with Crippen molar-refractivity contribution in [2.75, 3.05) is 30.5 Å². The zero-order valence-electron chi connectivity index (χ0n) is 26.7. The van der Waals surface area contributed by atoms with Crippen molar-refractivity contribution in [1.29, 1.82) is 0 Å². The smallest absolute Gasteiger partial charge is 0.419 e. The molecule has 0 aliphatic heterocycles. The number of aromatic nitrogens is 2. The summed E-state index contributed by atoms with van der Waals surface area (Å²) in [4.78, 5) is 37.5. The van der Waals surface area contributed by atoms with Gasteiger partial charge < -0.3 is 29.8 Å². The third kappa shape index (κ3) is 7.46. The maximum absolute atomic E-state index is 13.0. The van der Waals surface area contributed by atoms with E-state index < -0.39 is 18.4 Å². The van der Waals surface area contributed by atoms with Gasteiger partial charge in [-0.3, -0.25) is 9.59 Å². The number of fused-ring (bicyclic) bond motifs is 6. The molecule has 11 heteroatoms. The van der Waals surface area contributed by atoms with E-state index in [-0.39, 0.29) is 6.61 Å². The molecule has 3 N–H and O–H groups in total. The van der Waals surface area contributed by atoms with Crippen LogP contribution in [0.15, 0.2) is 72.8 Å². The standard InChI is InChI=1S/C21H24N2O4.C15H13FN2O2/c1-5-10-26-15-7-9-17-16-8-6-14(22-13-24)11-18(16)23(19(17)12-15)20(25)27-21(2,3)4;16-5-6-20-11-2-4-13-12-3-1-10(17-9-19)7-14(12)18-15(13)8-11/h6-9,11-13H,5,10H2,1-4H3,(H,22,24);1-4,7-9,18H,5-6H2,(H,17,19)/i;16-1. The van der Waals surface area contributed by atoms with Crippen LogP contribution >= 0.6 is 0 Å². The van der Waals surface area contributed by atoms with Crippen LogP contribution in [0.2, 0.25) is 0 Å². The molecule has 0 radical (unpaired) electrons. The summed E-state index contributed by atoms with van der Waals surface area (Å²) in [5.41, 5.74) is 3.92. The van der Waals surface area contributed by atoms with Crippen LogP contribution in [0, 0.1) is 0 Å². The van der Waals surface area contributed by atoms with Gasteiger partial charge in [0.1, 0.15) is 30.4 Å². The van der Waals surface area contributed by atoms with E-state index in [1.54, 1.807) is 12.1 Å². The minimum absolute atomic E-state index is 0.0547. The van der Waals surface area contributed by atoms with Crippen molar-refractivity contribution < 1.29 is 33.0 Å². The highest BCUT2D eigenvalue weighted by molar-refractivity contribution is 6.13. The first-order chi connectivity index (χ1) is 22.6. The number of carbonyl (C=O) groups excluding carboxylic acids is 3. The van der Waals surface area contributed by atoms with Crippen molar-refractivity contribution in [2.45, 2.75) is 39.7 Å². The molecule has 0 aliphatic carbocycles. The summed E-state index contributed by atoms with van der Waals surface area (Å²) in [5, 5.41) is 9.18. The second-order valence-electron chi connectivity index (χ2n) is 11.7. The van der Waals surface area contributed by atoms with Crippen LogP contribution in [0.25, 0.3) is 43.6 Å². The Bertz CT molecular complexity index is 2060. The van der Waals surface area contributed by atoms with E-state index in [1.807, 2.05) is 88.4 Å². The molecular weight excluding hydrogens is 602 g/mol. The van der Waals surface area contributed by atoms with E-state index >= 15 is 0 Å². The summed E-state index contributed by atoms with van der Waals surface area (Å²) >= 11 is 0. The normalized spacial score (nSPS) is 11.3. The van der Waals surface area contributed by atoms with Crippen LogP contribution in [0.5, 0.6) is 11.5 Å². The molecule has 0 spiro atoms. The summed E-state index contributed by atoms with van der Waals surface area (Å²) in [7, 11) is 0. The Morgan fingerprint density at radius 2 is 1.30 bits per heavy atom. The number of benzene rings is 4. The van der Waals surface area contributed by atoms with Crippen LogP contribution in [0.4, 0.5) is 20.6 Å². The molecule has 0 atom stereocenters. The molecule has 0 fully saturated rings. The Balaban J connectivity index is 0.000000193. The van der Waals surface area contributed by atoms with E-state index in [9.17, 15) is 18.8 Å². The van der Waals surface area contributed by atoms with E-state index in [2.05, 4.69) is 15.6 Å². The number of aromatic amines is 1. The number of amides is 2. The van der Waals surface area contributed by atoms with Crippen molar-refractivity contribution in [2.24, 2.45) is 0 Å². The van der Waals surface area contributed by atoms with Crippen LogP contribution in [-0.2, 0) is 14.3 Å². The fraction of sp³-hybridized carbons (Fsp3) is 0.250. The molecule has 6 aromatic rings. The van der Waals surface area contributed by atoms with Gasteiger partial charge in [0, 0.05) is 50.6 Å². The fourth-order valence-electron chi connectivity index (χ4n) is 5.26. The van der Waals surface area contributed by atoms with Crippen molar-refractivity contribution in [1.82, 2.24) is 9.55 Å². The molecule has 4 aromatic carbocycles. The van der Waals surface area contributed by atoms with Gasteiger partial charge in [0.05, 0.1) is 23.2 Å². The summed E-state index contributed by atoms with van der Waals surface area (Å²) < 4.78 is 30.3. The number of hydrogen-bond acceptors (Lipinski definition) is 6. The van der Waals surface area contributed by atoms with E-state index in [0.29, 0.717) is 47.6 Å². The van der Waals surface area contributed by atoms with Gasteiger partial charge in [0.25, 0.3) is 0 Å². The molecular formula is C36H37FN4O6. The lowest BCUT2D eigenvalue weighted by Crippen LogP contribution is -2.27. The molecule has 0 aliphatic rings. The summed E-state index contributed by atoms with van der Waals surface area (Å²) in [6.45, 7) is 7.67. The highest BCUT2D eigenvalue weighted by Crippen LogP contribution is 2.34. The third-order valence-electron chi connectivity index (χ3n) is 7.16. The Kier molecular flexibility index (Phi) is 9.94. The van der Waals surface area contributed by atoms with Crippen molar-refractivity contribution >= 4 is 73.9 Å². The van der Waals surface area contributed by atoms with Crippen LogP contribution in [0.1, 0.15) is 34.1 Å². The zero-order chi connectivity index (χ0) is 33.6. The number of anilines is 2. The van der Waals surface area contributed by atoms with Crippen LogP contribution in [0.3, 0.4) is 0 Å². The Labute approximate surface area is 270 Å². The minimum Gasteiger partial charge on any atom is -0.494 e. The second kappa shape index (κ2) is 14.2. The Morgan fingerprint density at radius 1 is 0.766 bits per heavy atom. The number of rotatable bonds is 10. The van der Waals surface area contributed by atoms with E-state index in [0.717, 1.165) is 44.7 Å². The van der Waals surface area contributed by atoms with Crippen molar-refractivity contribution in [3.8, 4) is 11.5 Å². The fourth-order valence-corrected chi connectivity index (χ4v) is 5.26. The van der Waals surface area contributed by atoms with Gasteiger partial charge in [0.2, 0.25) is 12.8 Å². The van der Waals surface area contributed by atoms with Crippen molar-refractivity contribution in [3.63, 3.8) is 0 Å². The number of carbonyl (C=O) groups is 3. The second-order valence-corrected chi connectivity index (χ2v) is 11.7. The van der Waals surface area contributed by atoms with Gasteiger partial charge in [-0.1, -0.05) is 19.1 Å². The summed E-state index contributed by atoms with van der Waals surface area (Å²) in [6, 6.07) is 22.4. The molecule has 2 aromatic heterocycles. The first kappa shape index (κ1) is 32.8. The number of nitrogens with zero attached hydrogens (tertiary/aromatic N) is 1. The number of alkyl halides is 1. The average Bonchev–Trinajstić information content (AvgIpc) is 3.56. The predicted molar refractivity (Wildman–Crippen MR) is 184 cm³/mol. The first-order valence-corrected chi connectivity index (χ1v) is 15.2. The number of nitrogens with one attached hydrogen (secondary N) is 3. The maximum atomic E-state index is 13.0. The summed E-state index contributed by atoms with van der Waals surface area (Å²) in [6.07, 6.45) is 1.68. The highest BCUT2D eigenvalue weighted by atomic mass is 18.2. The van der Waals surface area contributed by atoms with Crippen LogP contribution < -0.4 is 20.1 Å². The molecule has 2 heterocycles.